The average Bonchev–Trinajstić information content (AvgIpc) is 3.09. The van der Waals surface area contributed by atoms with Gasteiger partial charge in [-0.1, -0.05) is 23.7 Å². The molecule has 0 spiro atoms. The summed E-state index contributed by atoms with van der Waals surface area (Å²) < 4.78 is 5.30. The molecule has 6 heteroatoms. The van der Waals surface area contributed by atoms with Crippen LogP contribution in [0.25, 0.3) is 0 Å². The Bertz CT molecular complexity index is 622. The summed E-state index contributed by atoms with van der Waals surface area (Å²) in [5.74, 6) is 0.897. The number of halogens is 1. The molecule has 0 radical (unpaired) electrons. The molecule has 1 fully saturated rings. The summed E-state index contributed by atoms with van der Waals surface area (Å²) in [6, 6.07) is 11.9. The zero-order valence-corrected chi connectivity index (χ0v) is 14.4. The molecule has 1 saturated heterocycles. The molecule has 3 rings (SSSR count). The molecule has 1 N–H and O–H groups in total. The quantitative estimate of drug-likeness (QED) is 0.857. The van der Waals surface area contributed by atoms with Crippen molar-refractivity contribution in [2.24, 2.45) is 0 Å². The van der Waals surface area contributed by atoms with Gasteiger partial charge in [0, 0.05) is 37.7 Å². The van der Waals surface area contributed by atoms with E-state index in [9.17, 15) is 0 Å². The molecular formula is C17H20ClN3OS. The maximum absolute atomic E-state index is 5.93. The van der Waals surface area contributed by atoms with Crippen LogP contribution in [0.4, 0.5) is 0 Å². The van der Waals surface area contributed by atoms with E-state index in [0.717, 1.165) is 48.6 Å². The molecule has 1 aliphatic heterocycles. The van der Waals surface area contributed by atoms with Gasteiger partial charge in [0.05, 0.1) is 12.8 Å². The predicted molar refractivity (Wildman–Crippen MR) is 96.4 cm³/mol. The Hall–Kier alpha value is -1.56. The average molecular weight is 350 g/mol. The number of rotatable bonds is 4. The number of benzene rings is 1. The van der Waals surface area contributed by atoms with Crippen LogP contribution < -0.4 is 5.32 Å². The van der Waals surface area contributed by atoms with Gasteiger partial charge in [0.2, 0.25) is 0 Å². The Morgan fingerprint density at radius 3 is 2.52 bits per heavy atom. The number of hydrogen-bond acceptors (Lipinski definition) is 3. The first-order chi connectivity index (χ1) is 11.2. The zero-order valence-electron chi connectivity index (χ0n) is 12.9. The van der Waals surface area contributed by atoms with Gasteiger partial charge in [-0.2, -0.15) is 0 Å². The van der Waals surface area contributed by atoms with Gasteiger partial charge in [0.15, 0.2) is 5.11 Å². The molecule has 1 aliphatic rings. The molecule has 2 aromatic rings. The summed E-state index contributed by atoms with van der Waals surface area (Å²) in [7, 11) is 0. The lowest BCUT2D eigenvalue weighted by molar-refractivity contribution is 0.174. The highest BCUT2D eigenvalue weighted by Gasteiger charge is 2.18. The molecule has 23 heavy (non-hydrogen) atoms. The first kappa shape index (κ1) is 16.3. The standard InChI is InChI=1S/C17H20ClN3OS/c18-15-5-3-14(4-6-15)13-20-7-9-21(10-8-20)17(23)19-12-16-2-1-11-22-16/h1-6,11H,7-10,12-13H2,(H,19,23). The summed E-state index contributed by atoms with van der Waals surface area (Å²) in [4.78, 5) is 4.66. The summed E-state index contributed by atoms with van der Waals surface area (Å²) >= 11 is 11.4. The Balaban J connectivity index is 1.42. The van der Waals surface area contributed by atoms with Gasteiger partial charge in [-0.05, 0) is 42.0 Å². The SMILES string of the molecule is S=C(NCc1ccco1)N1CCN(Cc2ccc(Cl)cc2)CC1. The fraction of sp³-hybridized carbons (Fsp3) is 0.353. The molecular weight excluding hydrogens is 330 g/mol. The first-order valence-corrected chi connectivity index (χ1v) is 8.51. The van der Waals surface area contributed by atoms with Gasteiger partial charge in [-0.15, -0.1) is 0 Å². The Morgan fingerprint density at radius 1 is 1.13 bits per heavy atom. The normalized spacial score (nSPS) is 15.6. The number of nitrogens with zero attached hydrogens (tertiary/aromatic N) is 2. The van der Waals surface area contributed by atoms with E-state index in [1.165, 1.54) is 5.56 Å². The summed E-state index contributed by atoms with van der Waals surface area (Å²) in [6.45, 7) is 5.49. The van der Waals surface area contributed by atoms with Crippen LogP contribution in [0.15, 0.2) is 47.1 Å². The molecule has 0 aliphatic carbocycles. The van der Waals surface area contributed by atoms with Crippen LogP contribution in [-0.4, -0.2) is 41.1 Å². The van der Waals surface area contributed by atoms with Crippen molar-refractivity contribution in [3.05, 3.63) is 59.0 Å². The minimum Gasteiger partial charge on any atom is -0.467 e. The van der Waals surface area contributed by atoms with Gasteiger partial charge in [0.1, 0.15) is 5.76 Å². The van der Waals surface area contributed by atoms with E-state index in [2.05, 4.69) is 27.2 Å². The largest absolute Gasteiger partial charge is 0.467 e. The lowest BCUT2D eigenvalue weighted by Crippen LogP contribution is -2.51. The van der Waals surface area contributed by atoms with Gasteiger partial charge in [-0.3, -0.25) is 4.90 Å². The Labute approximate surface area is 147 Å². The summed E-state index contributed by atoms with van der Waals surface area (Å²) in [5.41, 5.74) is 1.29. The highest BCUT2D eigenvalue weighted by molar-refractivity contribution is 7.80. The Kier molecular flexibility index (Phi) is 5.54. The molecule has 0 bridgehead atoms. The van der Waals surface area contributed by atoms with Crippen molar-refractivity contribution in [1.82, 2.24) is 15.1 Å². The topological polar surface area (TPSA) is 31.7 Å². The minimum atomic E-state index is 0.636. The molecule has 0 amide bonds. The molecule has 2 heterocycles. The molecule has 0 saturated carbocycles. The molecule has 122 valence electrons. The van der Waals surface area contributed by atoms with Gasteiger partial charge >= 0.3 is 0 Å². The van der Waals surface area contributed by atoms with Crippen LogP contribution in [0.3, 0.4) is 0 Å². The van der Waals surface area contributed by atoms with E-state index in [4.69, 9.17) is 28.2 Å². The van der Waals surface area contributed by atoms with Crippen molar-refractivity contribution in [3.63, 3.8) is 0 Å². The van der Waals surface area contributed by atoms with Crippen molar-refractivity contribution in [3.8, 4) is 0 Å². The van der Waals surface area contributed by atoms with Crippen LogP contribution in [0, 0.1) is 0 Å². The molecule has 4 nitrogen and oxygen atoms in total. The number of furan rings is 1. The van der Waals surface area contributed by atoms with Crippen LogP contribution in [-0.2, 0) is 13.1 Å². The van der Waals surface area contributed by atoms with Crippen LogP contribution in [0.5, 0.6) is 0 Å². The van der Waals surface area contributed by atoms with Crippen LogP contribution >= 0.6 is 23.8 Å². The van der Waals surface area contributed by atoms with Crippen molar-refractivity contribution >= 4 is 28.9 Å². The van der Waals surface area contributed by atoms with Crippen molar-refractivity contribution < 1.29 is 4.42 Å². The predicted octanol–water partition coefficient (Wildman–Crippen LogP) is 3.13. The number of hydrogen-bond donors (Lipinski definition) is 1. The molecule has 1 aromatic carbocycles. The van der Waals surface area contributed by atoms with E-state index in [1.54, 1.807) is 6.26 Å². The lowest BCUT2D eigenvalue weighted by Gasteiger charge is -2.36. The molecule has 1 aromatic heterocycles. The van der Waals surface area contributed by atoms with Crippen LogP contribution in [0.1, 0.15) is 11.3 Å². The van der Waals surface area contributed by atoms with E-state index in [0.29, 0.717) is 6.54 Å². The Morgan fingerprint density at radius 2 is 1.87 bits per heavy atom. The third kappa shape index (κ3) is 4.70. The second kappa shape index (κ2) is 7.81. The smallest absolute Gasteiger partial charge is 0.169 e. The second-order valence-corrected chi connectivity index (χ2v) is 6.45. The lowest BCUT2D eigenvalue weighted by atomic mass is 10.2. The highest BCUT2D eigenvalue weighted by atomic mass is 35.5. The van der Waals surface area contributed by atoms with Gasteiger partial charge in [-0.25, -0.2) is 0 Å². The monoisotopic (exact) mass is 349 g/mol. The maximum atomic E-state index is 5.93. The zero-order chi connectivity index (χ0) is 16.1. The number of nitrogens with one attached hydrogen (secondary N) is 1. The second-order valence-electron chi connectivity index (χ2n) is 5.63. The number of thiocarbonyl (C=S) groups is 1. The molecule has 0 unspecified atom stereocenters. The van der Waals surface area contributed by atoms with E-state index >= 15 is 0 Å². The van der Waals surface area contributed by atoms with Crippen molar-refractivity contribution in [2.45, 2.75) is 13.1 Å². The minimum absolute atomic E-state index is 0.636. The van der Waals surface area contributed by atoms with Crippen LogP contribution in [0.2, 0.25) is 5.02 Å². The van der Waals surface area contributed by atoms with Gasteiger partial charge < -0.3 is 14.6 Å². The fourth-order valence-corrected chi connectivity index (χ4v) is 3.03. The maximum Gasteiger partial charge on any atom is 0.169 e. The van der Waals surface area contributed by atoms with E-state index in [1.807, 2.05) is 24.3 Å². The van der Waals surface area contributed by atoms with Crippen molar-refractivity contribution in [2.75, 3.05) is 26.2 Å². The third-order valence-corrected chi connectivity index (χ3v) is 4.63. The van der Waals surface area contributed by atoms with E-state index in [-0.39, 0.29) is 0 Å². The molecule has 0 atom stereocenters. The van der Waals surface area contributed by atoms with Crippen molar-refractivity contribution in [1.29, 1.82) is 0 Å². The number of piperazine rings is 1. The highest BCUT2D eigenvalue weighted by Crippen LogP contribution is 2.13. The summed E-state index contributed by atoms with van der Waals surface area (Å²) in [5, 5.41) is 4.84. The summed E-state index contributed by atoms with van der Waals surface area (Å²) in [6.07, 6.45) is 1.68. The third-order valence-electron chi connectivity index (χ3n) is 3.97. The van der Waals surface area contributed by atoms with Gasteiger partial charge in [0.25, 0.3) is 0 Å². The first-order valence-electron chi connectivity index (χ1n) is 7.73. The fourth-order valence-electron chi connectivity index (χ4n) is 2.64. The van der Waals surface area contributed by atoms with E-state index < -0.39 is 0 Å².